The lowest BCUT2D eigenvalue weighted by molar-refractivity contribution is 0.0926. The maximum absolute atomic E-state index is 13.4. The van der Waals surface area contributed by atoms with Crippen LogP contribution < -0.4 is 14.4 Å². The van der Waals surface area contributed by atoms with Crippen LogP contribution >= 0.6 is 11.6 Å². The van der Waals surface area contributed by atoms with Crippen molar-refractivity contribution in [2.45, 2.75) is 31.1 Å². The van der Waals surface area contributed by atoms with Crippen molar-refractivity contribution in [3.63, 3.8) is 0 Å². The largest absolute Gasteiger partial charge is 0.497 e. The van der Waals surface area contributed by atoms with Crippen LogP contribution in [0.1, 0.15) is 52.6 Å². The number of nitrogens with zero attached hydrogens (tertiary/aromatic N) is 2. The van der Waals surface area contributed by atoms with E-state index in [4.69, 9.17) is 16.3 Å². The van der Waals surface area contributed by atoms with Gasteiger partial charge in [0, 0.05) is 6.07 Å². The molecule has 1 aliphatic heterocycles. The molecule has 3 aromatic rings. The number of sulfonamides is 1. The van der Waals surface area contributed by atoms with Crippen molar-refractivity contribution in [1.82, 2.24) is 0 Å². The van der Waals surface area contributed by atoms with Gasteiger partial charge in [0.2, 0.25) is 0 Å². The Morgan fingerprint density at radius 1 is 0.972 bits per heavy atom. The highest BCUT2D eigenvalue weighted by molar-refractivity contribution is 7.92. The van der Waals surface area contributed by atoms with Crippen LogP contribution in [0.4, 0.5) is 11.4 Å². The summed E-state index contributed by atoms with van der Waals surface area (Å²) in [5, 5.41) is 9.32. The fraction of sp³-hybridized carbons (Fsp3) is 0.192. The molecule has 0 atom stereocenters. The zero-order chi connectivity index (χ0) is 26.4. The monoisotopic (exact) mass is 523 g/mol. The van der Waals surface area contributed by atoms with E-state index < -0.39 is 21.8 Å². The maximum Gasteiger partial charge on any atom is 0.268 e. The molecule has 184 valence electrons. The summed E-state index contributed by atoms with van der Waals surface area (Å²) in [5.41, 5.74) is 0.675. The molecule has 36 heavy (non-hydrogen) atoms. The molecule has 1 heterocycles. The number of fused-ring (bicyclic) bond motifs is 1. The molecule has 0 aliphatic carbocycles. The number of anilines is 2. The molecule has 0 aromatic heterocycles. The van der Waals surface area contributed by atoms with E-state index in [0.29, 0.717) is 0 Å². The van der Waals surface area contributed by atoms with Crippen molar-refractivity contribution in [1.29, 1.82) is 5.26 Å². The number of nitrogens with one attached hydrogen (secondary N) is 1. The Balaban J connectivity index is 1.76. The average molecular weight is 524 g/mol. The van der Waals surface area contributed by atoms with E-state index in [2.05, 4.69) is 4.72 Å². The van der Waals surface area contributed by atoms with Gasteiger partial charge in [-0.15, -0.1) is 0 Å². The second kappa shape index (κ2) is 8.97. The fourth-order valence-corrected chi connectivity index (χ4v) is 5.19. The van der Waals surface area contributed by atoms with Gasteiger partial charge in [0.05, 0.1) is 51.2 Å². The van der Waals surface area contributed by atoms with Crippen molar-refractivity contribution in [3.05, 3.63) is 81.9 Å². The summed E-state index contributed by atoms with van der Waals surface area (Å²) in [6.45, 7) is 6.05. The van der Waals surface area contributed by atoms with Crippen LogP contribution in [-0.2, 0) is 15.4 Å². The molecular formula is C26H22ClN3O5S. The zero-order valence-corrected chi connectivity index (χ0v) is 21.5. The van der Waals surface area contributed by atoms with Crippen LogP contribution in [0.2, 0.25) is 5.02 Å². The van der Waals surface area contributed by atoms with Gasteiger partial charge in [-0.25, -0.2) is 13.3 Å². The lowest BCUT2D eigenvalue weighted by Crippen LogP contribution is -2.29. The smallest absolute Gasteiger partial charge is 0.268 e. The molecule has 10 heteroatoms. The number of nitriles is 1. The third-order valence-electron chi connectivity index (χ3n) is 5.78. The molecule has 0 fully saturated rings. The molecule has 0 unspecified atom stereocenters. The van der Waals surface area contributed by atoms with Gasteiger partial charge < -0.3 is 4.74 Å². The number of carbonyl (C=O) groups is 2. The summed E-state index contributed by atoms with van der Waals surface area (Å²) in [5.74, 6) is -1.26. The summed E-state index contributed by atoms with van der Waals surface area (Å²) in [6, 6.07) is 15.3. The minimum Gasteiger partial charge on any atom is -0.497 e. The molecule has 8 nitrogen and oxygen atoms in total. The zero-order valence-electron chi connectivity index (χ0n) is 19.9. The van der Waals surface area contributed by atoms with E-state index in [0.717, 1.165) is 10.5 Å². The lowest BCUT2D eigenvalue weighted by Gasteiger charge is -2.19. The minimum atomic E-state index is -4.09. The number of rotatable bonds is 5. The lowest BCUT2D eigenvalue weighted by atomic mass is 9.87. The standard InChI is InChI=1S/C26H22ClN3O5S/c1-26(2,3)16-5-7-19(8-6-16)36(33,34)29-21-10-9-20(27)22-23(21)25(32)30(24(22)31)17-11-15(14-28)12-18(13-17)35-4/h5-13,29H,1-4H3. The molecule has 0 spiro atoms. The quantitative estimate of drug-likeness (QED) is 0.464. The van der Waals surface area contributed by atoms with Crippen LogP contribution in [-0.4, -0.2) is 27.3 Å². The molecule has 0 bridgehead atoms. The van der Waals surface area contributed by atoms with Crippen LogP contribution in [0.5, 0.6) is 5.75 Å². The molecule has 3 aromatic carbocycles. The second-order valence-electron chi connectivity index (χ2n) is 9.20. The first kappa shape index (κ1) is 25.2. The van der Waals surface area contributed by atoms with Crippen LogP contribution in [0.3, 0.4) is 0 Å². The first-order chi connectivity index (χ1) is 16.9. The number of carbonyl (C=O) groups excluding carboxylic acids is 2. The van der Waals surface area contributed by atoms with Crippen molar-refractivity contribution in [2.75, 3.05) is 16.7 Å². The third-order valence-corrected chi connectivity index (χ3v) is 7.47. The van der Waals surface area contributed by atoms with Crippen molar-refractivity contribution in [2.24, 2.45) is 0 Å². The fourth-order valence-electron chi connectivity index (χ4n) is 3.88. The van der Waals surface area contributed by atoms with Gasteiger partial charge in [0.1, 0.15) is 5.75 Å². The number of methoxy groups -OCH3 is 1. The molecule has 0 radical (unpaired) electrons. The van der Waals surface area contributed by atoms with Gasteiger partial charge in [-0.05, 0) is 47.4 Å². The van der Waals surface area contributed by atoms with E-state index in [1.165, 1.54) is 49.6 Å². The number of amides is 2. The van der Waals surface area contributed by atoms with E-state index in [9.17, 15) is 23.3 Å². The molecule has 0 saturated carbocycles. The molecule has 1 aliphatic rings. The molecule has 1 N–H and O–H groups in total. The number of imide groups is 1. The normalized spacial score (nSPS) is 13.4. The van der Waals surface area contributed by atoms with Gasteiger partial charge in [0.15, 0.2) is 0 Å². The summed E-state index contributed by atoms with van der Waals surface area (Å²) in [4.78, 5) is 27.6. The van der Waals surface area contributed by atoms with Crippen LogP contribution in [0.15, 0.2) is 59.5 Å². The number of benzene rings is 3. The number of halogens is 1. The number of hydrogen-bond donors (Lipinski definition) is 1. The van der Waals surface area contributed by atoms with E-state index in [-0.39, 0.29) is 49.1 Å². The van der Waals surface area contributed by atoms with E-state index >= 15 is 0 Å². The third kappa shape index (κ3) is 4.41. The SMILES string of the molecule is COc1cc(C#N)cc(N2C(=O)c3c(Cl)ccc(NS(=O)(=O)c4ccc(C(C)(C)C)cc4)c3C2=O)c1. The summed E-state index contributed by atoms with van der Waals surface area (Å²) < 4.78 is 33.9. The summed E-state index contributed by atoms with van der Waals surface area (Å²) >= 11 is 6.27. The first-order valence-corrected chi connectivity index (χ1v) is 12.7. The maximum atomic E-state index is 13.4. The van der Waals surface area contributed by atoms with Crippen molar-refractivity contribution in [3.8, 4) is 11.8 Å². The predicted octanol–water partition coefficient (Wildman–Crippen LogP) is 5.12. The van der Waals surface area contributed by atoms with Crippen molar-refractivity contribution >= 4 is 44.8 Å². The molecule has 2 amide bonds. The molecular weight excluding hydrogens is 502 g/mol. The molecule has 0 saturated heterocycles. The Morgan fingerprint density at radius 2 is 1.61 bits per heavy atom. The van der Waals surface area contributed by atoms with Crippen LogP contribution in [0, 0.1) is 11.3 Å². The average Bonchev–Trinajstić information content (AvgIpc) is 3.11. The summed E-state index contributed by atoms with van der Waals surface area (Å²) in [6.07, 6.45) is 0. The highest BCUT2D eigenvalue weighted by atomic mass is 35.5. The Hall–Kier alpha value is -3.87. The minimum absolute atomic E-state index is 0.000661. The molecule has 4 rings (SSSR count). The van der Waals surface area contributed by atoms with Gasteiger partial charge in [-0.1, -0.05) is 44.5 Å². The number of ether oxygens (including phenoxy) is 1. The Labute approximate surface area is 214 Å². The van der Waals surface area contributed by atoms with Gasteiger partial charge in [0.25, 0.3) is 21.8 Å². The number of hydrogen-bond acceptors (Lipinski definition) is 6. The van der Waals surface area contributed by atoms with Gasteiger partial charge >= 0.3 is 0 Å². The predicted molar refractivity (Wildman–Crippen MR) is 136 cm³/mol. The Bertz CT molecular complexity index is 1550. The van der Waals surface area contributed by atoms with Gasteiger partial charge in [-0.3, -0.25) is 14.3 Å². The van der Waals surface area contributed by atoms with Crippen LogP contribution in [0.25, 0.3) is 0 Å². The highest BCUT2D eigenvalue weighted by Gasteiger charge is 2.41. The van der Waals surface area contributed by atoms with Crippen molar-refractivity contribution < 1.29 is 22.7 Å². The van der Waals surface area contributed by atoms with E-state index in [1.54, 1.807) is 12.1 Å². The first-order valence-electron chi connectivity index (χ1n) is 10.8. The topological polar surface area (TPSA) is 117 Å². The highest BCUT2D eigenvalue weighted by Crippen LogP contribution is 2.39. The second-order valence-corrected chi connectivity index (χ2v) is 11.3. The summed E-state index contributed by atoms with van der Waals surface area (Å²) in [7, 11) is -2.70. The Morgan fingerprint density at radius 3 is 2.19 bits per heavy atom. The van der Waals surface area contributed by atoms with E-state index in [1.807, 2.05) is 26.8 Å². The Kier molecular flexibility index (Phi) is 6.29. The van der Waals surface area contributed by atoms with Gasteiger partial charge in [-0.2, -0.15) is 5.26 Å².